The van der Waals surface area contributed by atoms with Gasteiger partial charge in [-0.25, -0.2) is 9.78 Å². The van der Waals surface area contributed by atoms with Crippen LogP contribution in [0.2, 0.25) is 0 Å². The predicted molar refractivity (Wildman–Crippen MR) is 96.1 cm³/mol. The van der Waals surface area contributed by atoms with Gasteiger partial charge in [-0.05, 0) is 6.92 Å². The molecule has 0 radical (unpaired) electrons. The Morgan fingerprint density at radius 3 is 2.48 bits per heavy atom. The topological polar surface area (TPSA) is 143 Å². The molecular weight excluding hydrogens is 366 g/mol. The van der Waals surface area contributed by atoms with E-state index >= 15 is 0 Å². The van der Waals surface area contributed by atoms with Crippen molar-refractivity contribution in [1.82, 2.24) is 14.1 Å². The summed E-state index contributed by atoms with van der Waals surface area (Å²) in [6.45, 7) is 1.75. The first-order valence-electron chi connectivity index (χ1n) is 7.09. The molecule has 0 aliphatic heterocycles. The third kappa shape index (κ3) is 3.82. The molecule has 0 saturated carbocycles. The Morgan fingerprint density at radius 2 is 1.88 bits per heavy atom. The van der Waals surface area contributed by atoms with Crippen molar-refractivity contribution in [2.75, 3.05) is 11.5 Å². The van der Waals surface area contributed by atoms with Crippen molar-refractivity contribution in [2.24, 2.45) is 19.8 Å². The number of thiazole rings is 1. The van der Waals surface area contributed by atoms with Crippen molar-refractivity contribution in [3.8, 4) is 0 Å². The zero-order valence-corrected chi connectivity index (χ0v) is 15.5. The Hall–Kier alpha value is -2.40. The minimum absolute atomic E-state index is 0.0688. The summed E-state index contributed by atoms with van der Waals surface area (Å²) in [5.41, 5.74) is 10.1. The summed E-state index contributed by atoms with van der Waals surface area (Å²) in [5.74, 6) is -1.19. The van der Waals surface area contributed by atoms with E-state index in [1.165, 1.54) is 25.4 Å². The molecule has 0 atom stereocenters. The van der Waals surface area contributed by atoms with Crippen molar-refractivity contribution < 1.29 is 9.59 Å². The predicted octanol–water partition coefficient (Wildman–Crippen LogP) is -0.566. The highest BCUT2D eigenvalue weighted by atomic mass is 32.2. The molecule has 134 valence electrons. The molecule has 0 fully saturated rings. The first-order valence-corrected chi connectivity index (χ1v) is 8.89. The molecule has 0 bridgehead atoms. The third-order valence-corrected chi connectivity index (χ3v) is 5.82. The summed E-state index contributed by atoms with van der Waals surface area (Å²) in [5, 5.41) is 0. The van der Waals surface area contributed by atoms with Gasteiger partial charge in [0, 0.05) is 19.0 Å². The lowest BCUT2D eigenvalue weighted by atomic mass is 10.2. The summed E-state index contributed by atoms with van der Waals surface area (Å²) >= 11 is 2.40. The van der Waals surface area contributed by atoms with Gasteiger partial charge in [-0.2, -0.15) is 0 Å². The van der Waals surface area contributed by atoms with Crippen LogP contribution in [-0.4, -0.2) is 31.6 Å². The Balaban J connectivity index is 2.24. The number of rotatable bonds is 6. The van der Waals surface area contributed by atoms with Gasteiger partial charge < -0.3 is 11.5 Å². The number of ketones is 1. The number of nitrogen functional groups attached to an aromatic ring is 1. The number of anilines is 1. The molecule has 2 aromatic rings. The van der Waals surface area contributed by atoms with E-state index in [0.717, 1.165) is 25.8 Å². The molecule has 2 rings (SSSR count). The van der Waals surface area contributed by atoms with Gasteiger partial charge in [-0.1, -0.05) is 11.8 Å². The van der Waals surface area contributed by atoms with E-state index < -0.39 is 22.9 Å². The fourth-order valence-corrected chi connectivity index (χ4v) is 4.22. The maximum atomic E-state index is 12.4. The van der Waals surface area contributed by atoms with E-state index in [-0.39, 0.29) is 23.6 Å². The molecule has 0 unspecified atom stereocenters. The van der Waals surface area contributed by atoms with E-state index in [1.807, 2.05) is 0 Å². The number of thioether (sulfide) groups is 1. The second-order valence-corrected chi connectivity index (χ2v) is 7.62. The molecular formula is C14H17N5O4S2. The fourth-order valence-electron chi connectivity index (χ4n) is 2.11. The van der Waals surface area contributed by atoms with Gasteiger partial charge in [0.2, 0.25) is 5.91 Å². The quantitative estimate of drug-likeness (QED) is 0.502. The van der Waals surface area contributed by atoms with E-state index in [1.54, 1.807) is 6.92 Å². The maximum Gasteiger partial charge on any atom is 0.332 e. The molecule has 0 saturated heterocycles. The highest BCUT2D eigenvalue weighted by molar-refractivity contribution is 8.01. The van der Waals surface area contributed by atoms with Gasteiger partial charge >= 0.3 is 5.69 Å². The molecule has 4 N–H and O–H groups in total. The lowest BCUT2D eigenvalue weighted by molar-refractivity contribution is -0.117. The van der Waals surface area contributed by atoms with Crippen molar-refractivity contribution in [3.05, 3.63) is 37.0 Å². The standard InChI is InChI=1S/C14H17N5O4S2/c1-6-8(4-9(15)21)25-13(17-6)24-5-7(20)10-11(16)18(2)14(23)19(3)12(10)22/h4-5,16H2,1-3H3,(H2,15,21). The average molecular weight is 383 g/mol. The molecule has 0 spiro atoms. The highest BCUT2D eigenvalue weighted by Crippen LogP contribution is 2.28. The zero-order valence-electron chi connectivity index (χ0n) is 13.9. The summed E-state index contributed by atoms with van der Waals surface area (Å²) in [6, 6.07) is 0. The van der Waals surface area contributed by atoms with Gasteiger partial charge in [-0.3, -0.25) is 23.5 Å². The second-order valence-electron chi connectivity index (χ2n) is 5.31. The van der Waals surface area contributed by atoms with Crippen LogP contribution in [-0.2, 0) is 25.3 Å². The minimum Gasteiger partial charge on any atom is -0.384 e. The number of hydrogen-bond donors (Lipinski definition) is 2. The fraction of sp³-hybridized carbons (Fsp3) is 0.357. The second kappa shape index (κ2) is 7.23. The van der Waals surface area contributed by atoms with Crippen LogP contribution in [0.4, 0.5) is 5.82 Å². The molecule has 25 heavy (non-hydrogen) atoms. The van der Waals surface area contributed by atoms with Gasteiger partial charge in [0.15, 0.2) is 10.1 Å². The van der Waals surface area contributed by atoms with Crippen LogP contribution in [0.5, 0.6) is 0 Å². The van der Waals surface area contributed by atoms with Gasteiger partial charge in [0.25, 0.3) is 5.56 Å². The molecule has 2 aromatic heterocycles. The first kappa shape index (κ1) is 18.9. The lowest BCUT2D eigenvalue weighted by Crippen LogP contribution is -2.41. The van der Waals surface area contributed by atoms with Gasteiger partial charge in [0.05, 0.1) is 17.9 Å². The van der Waals surface area contributed by atoms with Crippen LogP contribution in [0.3, 0.4) is 0 Å². The van der Waals surface area contributed by atoms with Crippen molar-refractivity contribution >= 4 is 40.6 Å². The Kier molecular flexibility index (Phi) is 5.48. The molecule has 0 aliphatic rings. The molecule has 0 aromatic carbocycles. The average Bonchev–Trinajstić information content (AvgIpc) is 2.88. The summed E-state index contributed by atoms with van der Waals surface area (Å²) in [7, 11) is 2.68. The van der Waals surface area contributed by atoms with Crippen LogP contribution < -0.4 is 22.7 Å². The molecule has 1 amide bonds. The Bertz CT molecular complexity index is 973. The maximum absolute atomic E-state index is 12.4. The number of carbonyl (C=O) groups is 2. The van der Waals surface area contributed by atoms with Gasteiger partial charge in [-0.15, -0.1) is 11.3 Å². The van der Waals surface area contributed by atoms with Crippen molar-refractivity contribution in [2.45, 2.75) is 17.7 Å². The van der Waals surface area contributed by atoms with Crippen molar-refractivity contribution in [3.63, 3.8) is 0 Å². The van der Waals surface area contributed by atoms with Crippen LogP contribution in [0.1, 0.15) is 20.9 Å². The number of aryl methyl sites for hydroxylation is 1. The van der Waals surface area contributed by atoms with Crippen LogP contribution in [0, 0.1) is 6.92 Å². The number of primary amides is 1. The lowest BCUT2D eigenvalue weighted by Gasteiger charge is -2.10. The first-order chi connectivity index (χ1) is 11.6. The number of nitrogens with two attached hydrogens (primary N) is 2. The monoisotopic (exact) mass is 383 g/mol. The number of aromatic nitrogens is 3. The summed E-state index contributed by atoms with van der Waals surface area (Å²) in [6.07, 6.45) is 0.0896. The van der Waals surface area contributed by atoms with Crippen LogP contribution in [0.25, 0.3) is 0 Å². The number of nitrogens with zero attached hydrogens (tertiary/aromatic N) is 3. The van der Waals surface area contributed by atoms with E-state index in [0.29, 0.717) is 10.0 Å². The highest BCUT2D eigenvalue weighted by Gasteiger charge is 2.21. The van der Waals surface area contributed by atoms with E-state index in [2.05, 4.69) is 4.98 Å². The smallest absolute Gasteiger partial charge is 0.332 e. The van der Waals surface area contributed by atoms with Crippen LogP contribution in [0.15, 0.2) is 13.9 Å². The zero-order chi connectivity index (χ0) is 18.9. The normalized spacial score (nSPS) is 10.8. The minimum atomic E-state index is -0.726. The number of carbonyl (C=O) groups excluding carboxylic acids is 2. The number of hydrogen-bond acceptors (Lipinski definition) is 8. The van der Waals surface area contributed by atoms with E-state index in [4.69, 9.17) is 11.5 Å². The Morgan fingerprint density at radius 1 is 1.24 bits per heavy atom. The largest absolute Gasteiger partial charge is 0.384 e. The van der Waals surface area contributed by atoms with Crippen LogP contribution >= 0.6 is 23.1 Å². The van der Waals surface area contributed by atoms with Gasteiger partial charge in [0.1, 0.15) is 11.4 Å². The third-order valence-electron chi connectivity index (χ3n) is 3.52. The molecule has 9 nitrogen and oxygen atoms in total. The molecule has 2 heterocycles. The molecule has 0 aliphatic carbocycles. The SMILES string of the molecule is Cc1nc(SCC(=O)c2c(N)n(C)c(=O)n(C)c2=O)sc1CC(N)=O. The number of Topliss-reactive ketones (excluding diaryl/α,β-unsaturated/α-hetero) is 1. The van der Waals surface area contributed by atoms with E-state index in [9.17, 15) is 19.2 Å². The summed E-state index contributed by atoms with van der Waals surface area (Å²) < 4.78 is 2.48. The summed E-state index contributed by atoms with van der Waals surface area (Å²) in [4.78, 5) is 52.4. The Labute approximate surface area is 150 Å². The van der Waals surface area contributed by atoms with Crippen molar-refractivity contribution in [1.29, 1.82) is 0 Å². The molecule has 11 heteroatoms. The number of amides is 1.